The van der Waals surface area contributed by atoms with Crippen LogP contribution in [0.5, 0.6) is 0 Å². The summed E-state index contributed by atoms with van der Waals surface area (Å²) in [6.45, 7) is 2.76. The molecule has 0 bridgehead atoms. The molecule has 1 aromatic heterocycles. The summed E-state index contributed by atoms with van der Waals surface area (Å²) in [6.07, 6.45) is 1.73. The van der Waals surface area contributed by atoms with E-state index in [0.717, 1.165) is 11.4 Å². The van der Waals surface area contributed by atoms with Crippen LogP contribution in [0.15, 0.2) is 54.7 Å². The lowest BCUT2D eigenvalue weighted by Crippen LogP contribution is -2.54. The molecule has 1 N–H and O–H groups in total. The number of carbonyl (C=O) groups excluding carboxylic acids is 2. The number of anilines is 1. The molecule has 1 unspecified atom stereocenters. The molecule has 2 aromatic rings. The minimum absolute atomic E-state index is 0.0292. The molecule has 2 saturated heterocycles. The molecule has 2 aliphatic heterocycles. The van der Waals surface area contributed by atoms with Crippen molar-refractivity contribution in [3.05, 3.63) is 60.4 Å². The summed E-state index contributed by atoms with van der Waals surface area (Å²) in [4.78, 5) is 34.9. The summed E-state index contributed by atoms with van der Waals surface area (Å²) in [5, 5.41) is 2.91. The SMILES string of the molecule is O=C(Nc1ccccc1)N1CCN2C(=O)N(Cc3ccccn3)CC2C1. The van der Waals surface area contributed by atoms with Crippen LogP contribution in [0.25, 0.3) is 0 Å². The van der Waals surface area contributed by atoms with Gasteiger partial charge in [0.1, 0.15) is 0 Å². The number of urea groups is 2. The minimum Gasteiger partial charge on any atom is -0.321 e. The van der Waals surface area contributed by atoms with Crippen molar-refractivity contribution in [3.63, 3.8) is 0 Å². The average Bonchev–Trinajstić information content (AvgIpc) is 2.98. The molecule has 7 nitrogen and oxygen atoms in total. The molecule has 2 aliphatic rings. The van der Waals surface area contributed by atoms with Crippen molar-refractivity contribution in [2.45, 2.75) is 12.6 Å². The van der Waals surface area contributed by atoms with Crippen molar-refractivity contribution in [3.8, 4) is 0 Å². The normalized spacial score (nSPS) is 19.5. The number of para-hydroxylation sites is 1. The number of pyridine rings is 1. The minimum atomic E-state index is -0.119. The molecule has 4 amide bonds. The van der Waals surface area contributed by atoms with Crippen molar-refractivity contribution < 1.29 is 9.59 Å². The van der Waals surface area contributed by atoms with Crippen LogP contribution in [0.1, 0.15) is 5.69 Å². The standard InChI is InChI=1S/C19H21N5O2/c25-18(21-15-6-2-1-3-7-15)22-10-11-24-17(13-22)14-23(19(24)26)12-16-8-4-5-9-20-16/h1-9,17H,10-14H2,(H,21,25). The van der Waals surface area contributed by atoms with Gasteiger partial charge in [0.05, 0.1) is 18.3 Å². The highest BCUT2D eigenvalue weighted by Gasteiger charge is 2.41. The van der Waals surface area contributed by atoms with Crippen molar-refractivity contribution in [2.75, 3.05) is 31.5 Å². The molecule has 4 rings (SSSR count). The number of fused-ring (bicyclic) bond motifs is 1. The van der Waals surface area contributed by atoms with Crippen LogP contribution in [-0.2, 0) is 6.54 Å². The first-order chi connectivity index (χ1) is 12.7. The summed E-state index contributed by atoms with van der Waals surface area (Å²) < 4.78 is 0. The second-order valence-electron chi connectivity index (χ2n) is 6.57. The van der Waals surface area contributed by atoms with Gasteiger partial charge in [-0.2, -0.15) is 0 Å². The highest BCUT2D eigenvalue weighted by Crippen LogP contribution is 2.22. The first kappa shape index (κ1) is 16.4. The number of nitrogens with zero attached hydrogens (tertiary/aromatic N) is 4. The molecule has 0 spiro atoms. The van der Waals surface area contributed by atoms with Crippen LogP contribution >= 0.6 is 0 Å². The van der Waals surface area contributed by atoms with Gasteiger partial charge in [-0.15, -0.1) is 0 Å². The Kier molecular flexibility index (Phi) is 4.43. The van der Waals surface area contributed by atoms with Gasteiger partial charge in [0.25, 0.3) is 0 Å². The van der Waals surface area contributed by atoms with Crippen LogP contribution in [0.3, 0.4) is 0 Å². The molecular weight excluding hydrogens is 330 g/mol. The number of amides is 4. The summed E-state index contributed by atoms with van der Waals surface area (Å²) in [5.41, 5.74) is 1.65. The second-order valence-corrected chi connectivity index (χ2v) is 6.57. The zero-order valence-electron chi connectivity index (χ0n) is 14.4. The molecule has 1 atom stereocenters. The second kappa shape index (κ2) is 7.03. The van der Waals surface area contributed by atoms with Crippen molar-refractivity contribution >= 4 is 17.7 Å². The van der Waals surface area contributed by atoms with E-state index in [9.17, 15) is 9.59 Å². The Morgan fingerprint density at radius 3 is 2.65 bits per heavy atom. The summed E-state index contributed by atoms with van der Waals surface area (Å²) in [7, 11) is 0. The maximum absolute atomic E-state index is 12.6. The first-order valence-electron chi connectivity index (χ1n) is 8.77. The van der Waals surface area contributed by atoms with E-state index in [2.05, 4.69) is 10.3 Å². The van der Waals surface area contributed by atoms with E-state index in [1.807, 2.05) is 58.3 Å². The number of hydrogen-bond donors (Lipinski definition) is 1. The van der Waals surface area contributed by atoms with Crippen molar-refractivity contribution in [2.24, 2.45) is 0 Å². The molecule has 0 aliphatic carbocycles. The fourth-order valence-corrected chi connectivity index (χ4v) is 3.51. The van der Waals surface area contributed by atoms with Gasteiger partial charge in [-0.05, 0) is 24.3 Å². The largest absolute Gasteiger partial charge is 0.321 e. The smallest absolute Gasteiger partial charge is 0.321 e. The lowest BCUT2D eigenvalue weighted by molar-refractivity contribution is 0.135. The molecule has 7 heteroatoms. The molecule has 2 fully saturated rings. The van der Waals surface area contributed by atoms with E-state index in [0.29, 0.717) is 32.7 Å². The third-order valence-corrected chi connectivity index (χ3v) is 4.82. The summed E-state index contributed by atoms with van der Waals surface area (Å²) in [5.74, 6) is 0. The zero-order chi connectivity index (χ0) is 17.9. The lowest BCUT2D eigenvalue weighted by atomic mass is 10.2. The van der Waals surface area contributed by atoms with E-state index in [4.69, 9.17) is 0 Å². The predicted octanol–water partition coefficient (Wildman–Crippen LogP) is 2.24. The van der Waals surface area contributed by atoms with Gasteiger partial charge in [-0.25, -0.2) is 9.59 Å². The Labute approximate surface area is 152 Å². The van der Waals surface area contributed by atoms with Crippen molar-refractivity contribution in [1.82, 2.24) is 19.7 Å². The van der Waals surface area contributed by atoms with E-state index in [1.165, 1.54) is 0 Å². The van der Waals surface area contributed by atoms with Gasteiger partial charge < -0.3 is 20.0 Å². The third-order valence-electron chi connectivity index (χ3n) is 4.82. The van der Waals surface area contributed by atoms with Crippen molar-refractivity contribution in [1.29, 1.82) is 0 Å². The predicted molar refractivity (Wildman–Crippen MR) is 97.6 cm³/mol. The molecule has 1 aromatic carbocycles. The van der Waals surface area contributed by atoms with E-state index >= 15 is 0 Å². The number of rotatable bonds is 3. The van der Waals surface area contributed by atoms with Gasteiger partial charge in [0.15, 0.2) is 0 Å². The summed E-state index contributed by atoms with van der Waals surface area (Å²) >= 11 is 0. The fourth-order valence-electron chi connectivity index (χ4n) is 3.51. The number of carbonyl (C=O) groups is 2. The van der Waals surface area contributed by atoms with E-state index < -0.39 is 0 Å². The van der Waals surface area contributed by atoms with Gasteiger partial charge in [-0.3, -0.25) is 4.98 Å². The van der Waals surface area contributed by atoms with Gasteiger partial charge >= 0.3 is 12.1 Å². The molecule has 26 heavy (non-hydrogen) atoms. The fraction of sp³-hybridized carbons (Fsp3) is 0.316. The molecular formula is C19H21N5O2. The number of hydrogen-bond acceptors (Lipinski definition) is 3. The molecule has 0 saturated carbocycles. The highest BCUT2D eigenvalue weighted by molar-refractivity contribution is 5.89. The van der Waals surface area contributed by atoms with Crippen LogP contribution in [0.4, 0.5) is 15.3 Å². The third kappa shape index (κ3) is 3.33. The lowest BCUT2D eigenvalue weighted by Gasteiger charge is -2.36. The Morgan fingerprint density at radius 1 is 1.08 bits per heavy atom. The number of benzene rings is 1. The topological polar surface area (TPSA) is 68.8 Å². The highest BCUT2D eigenvalue weighted by atomic mass is 16.2. The van der Waals surface area contributed by atoms with Gasteiger partial charge in [0, 0.05) is 38.1 Å². The quantitative estimate of drug-likeness (QED) is 0.922. The van der Waals surface area contributed by atoms with Crippen LogP contribution in [0.2, 0.25) is 0 Å². The van der Waals surface area contributed by atoms with Crippen LogP contribution in [-0.4, -0.2) is 64.0 Å². The zero-order valence-corrected chi connectivity index (χ0v) is 14.4. The van der Waals surface area contributed by atoms with Gasteiger partial charge in [-0.1, -0.05) is 24.3 Å². The Morgan fingerprint density at radius 2 is 1.88 bits per heavy atom. The number of piperazine rings is 1. The maximum Gasteiger partial charge on any atom is 0.321 e. The maximum atomic E-state index is 12.6. The molecule has 3 heterocycles. The first-order valence-corrected chi connectivity index (χ1v) is 8.77. The van der Waals surface area contributed by atoms with Crippen LogP contribution in [0, 0.1) is 0 Å². The number of aromatic nitrogens is 1. The average molecular weight is 351 g/mol. The van der Waals surface area contributed by atoms with Crippen LogP contribution < -0.4 is 5.32 Å². The monoisotopic (exact) mass is 351 g/mol. The van der Waals surface area contributed by atoms with Gasteiger partial charge in [0.2, 0.25) is 0 Å². The van der Waals surface area contributed by atoms with E-state index in [-0.39, 0.29) is 18.1 Å². The number of nitrogens with one attached hydrogen (secondary N) is 1. The Hall–Kier alpha value is -3.09. The Balaban J connectivity index is 1.38. The Bertz CT molecular complexity index is 783. The molecule has 0 radical (unpaired) electrons. The summed E-state index contributed by atoms with van der Waals surface area (Å²) in [6, 6.07) is 15.1. The molecule has 134 valence electrons. The van der Waals surface area contributed by atoms with E-state index in [1.54, 1.807) is 11.1 Å².